The smallest absolute Gasteiger partial charge is 0.103 e. The van der Waals surface area contributed by atoms with Gasteiger partial charge in [-0.3, -0.25) is 4.68 Å². The summed E-state index contributed by atoms with van der Waals surface area (Å²) in [6.07, 6.45) is 4.38. The molecule has 0 unspecified atom stereocenters. The van der Waals surface area contributed by atoms with E-state index < -0.39 is 0 Å². The standard InChI is InChI=1S/C13H16N4/c1-2-13(14)16-12-8-15-17(10-12)9-11-6-4-3-5-7-11/h3-8,10H,2,9H2,1H3,(H2,14,16). The van der Waals surface area contributed by atoms with E-state index in [2.05, 4.69) is 22.2 Å². The molecule has 88 valence electrons. The third-order valence-electron chi connectivity index (χ3n) is 2.44. The molecule has 2 rings (SSSR count). The van der Waals surface area contributed by atoms with E-state index in [9.17, 15) is 0 Å². The molecule has 1 aromatic heterocycles. The molecule has 0 fully saturated rings. The number of nitrogens with two attached hydrogens (primary N) is 1. The summed E-state index contributed by atoms with van der Waals surface area (Å²) in [5, 5.41) is 4.25. The summed E-state index contributed by atoms with van der Waals surface area (Å²) in [5.41, 5.74) is 7.70. The number of benzene rings is 1. The minimum absolute atomic E-state index is 0.629. The Morgan fingerprint density at radius 2 is 2.12 bits per heavy atom. The quantitative estimate of drug-likeness (QED) is 0.645. The fourth-order valence-corrected chi connectivity index (χ4v) is 1.51. The molecule has 0 spiro atoms. The Kier molecular flexibility index (Phi) is 3.55. The first-order valence-corrected chi connectivity index (χ1v) is 5.67. The maximum Gasteiger partial charge on any atom is 0.103 e. The normalized spacial score (nSPS) is 11.7. The van der Waals surface area contributed by atoms with Gasteiger partial charge in [-0.15, -0.1) is 0 Å². The van der Waals surface area contributed by atoms with Crippen LogP contribution in [0.1, 0.15) is 18.9 Å². The van der Waals surface area contributed by atoms with Crippen LogP contribution in [0.25, 0.3) is 0 Å². The Balaban J connectivity index is 2.09. The van der Waals surface area contributed by atoms with Gasteiger partial charge < -0.3 is 5.73 Å². The Morgan fingerprint density at radius 1 is 1.35 bits per heavy atom. The van der Waals surface area contributed by atoms with Crippen LogP contribution >= 0.6 is 0 Å². The average molecular weight is 228 g/mol. The highest BCUT2D eigenvalue weighted by atomic mass is 15.3. The van der Waals surface area contributed by atoms with Gasteiger partial charge in [0.2, 0.25) is 0 Å². The zero-order chi connectivity index (χ0) is 12.1. The predicted molar refractivity (Wildman–Crippen MR) is 69.3 cm³/mol. The number of rotatable bonds is 4. The number of hydrogen-bond donors (Lipinski definition) is 1. The molecule has 4 nitrogen and oxygen atoms in total. The summed E-state index contributed by atoms with van der Waals surface area (Å²) in [6, 6.07) is 10.2. The first-order valence-electron chi connectivity index (χ1n) is 5.67. The highest BCUT2D eigenvalue weighted by Crippen LogP contribution is 2.11. The third-order valence-corrected chi connectivity index (χ3v) is 2.44. The lowest BCUT2D eigenvalue weighted by molar-refractivity contribution is 0.687. The van der Waals surface area contributed by atoms with Crippen molar-refractivity contribution >= 4 is 11.5 Å². The van der Waals surface area contributed by atoms with Gasteiger partial charge in [0.05, 0.1) is 24.8 Å². The topological polar surface area (TPSA) is 56.2 Å². The summed E-state index contributed by atoms with van der Waals surface area (Å²) in [4.78, 5) is 4.25. The van der Waals surface area contributed by atoms with E-state index in [4.69, 9.17) is 5.73 Å². The van der Waals surface area contributed by atoms with Crippen molar-refractivity contribution in [3.05, 3.63) is 48.3 Å². The van der Waals surface area contributed by atoms with E-state index in [1.807, 2.05) is 36.0 Å². The fraction of sp³-hybridized carbons (Fsp3) is 0.231. The Bertz CT molecular complexity index is 499. The van der Waals surface area contributed by atoms with Crippen molar-refractivity contribution in [3.8, 4) is 0 Å². The van der Waals surface area contributed by atoms with Gasteiger partial charge in [0.1, 0.15) is 5.69 Å². The van der Waals surface area contributed by atoms with Gasteiger partial charge >= 0.3 is 0 Å². The van der Waals surface area contributed by atoms with Crippen LogP contribution in [-0.2, 0) is 6.54 Å². The monoisotopic (exact) mass is 228 g/mol. The molecule has 0 saturated carbocycles. The van der Waals surface area contributed by atoms with Gasteiger partial charge in [0.15, 0.2) is 0 Å². The molecule has 17 heavy (non-hydrogen) atoms. The lowest BCUT2D eigenvalue weighted by Gasteiger charge is -2.00. The van der Waals surface area contributed by atoms with Crippen molar-refractivity contribution in [3.63, 3.8) is 0 Å². The minimum Gasteiger partial charge on any atom is -0.387 e. The van der Waals surface area contributed by atoms with Crippen LogP contribution in [0, 0.1) is 0 Å². The zero-order valence-corrected chi connectivity index (χ0v) is 9.87. The number of nitrogens with zero attached hydrogens (tertiary/aromatic N) is 3. The Morgan fingerprint density at radius 3 is 2.82 bits per heavy atom. The number of hydrogen-bond acceptors (Lipinski definition) is 2. The van der Waals surface area contributed by atoms with Gasteiger partial charge in [0.25, 0.3) is 0 Å². The largest absolute Gasteiger partial charge is 0.387 e. The molecule has 1 aromatic carbocycles. The third kappa shape index (κ3) is 3.17. The molecule has 4 heteroatoms. The molecule has 0 saturated heterocycles. The van der Waals surface area contributed by atoms with Crippen molar-refractivity contribution in [2.24, 2.45) is 10.7 Å². The van der Waals surface area contributed by atoms with Gasteiger partial charge in [-0.1, -0.05) is 37.3 Å². The molecule has 0 amide bonds. The second-order valence-corrected chi connectivity index (χ2v) is 3.84. The zero-order valence-electron chi connectivity index (χ0n) is 9.87. The lowest BCUT2D eigenvalue weighted by Crippen LogP contribution is -2.08. The summed E-state index contributed by atoms with van der Waals surface area (Å²) in [5.74, 6) is 0.629. The van der Waals surface area contributed by atoms with E-state index >= 15 is 0 Å². The lowest BCUT2D eigenvalue weighted by atomic mass is 10.2. The first kappa shape index (κ1) is 11.4. The van der Waals surface area contributed by atoms with Crippen molar-refractivity contribution < 1.29 is 0 Å². The number of aromatic nitrogens is 2. The van der Waals surface area contributed by atoms with Gasteiger partial charge in [0, 0.05) is 6.42 Å². The number of amidine groups is 1. The highest BCUT2D eigenvalue weighted by Gasteiger charge is 1.98. The molecule has 0 atom stereocenters. The van der Waals surface area contributed by atoms with E-state index in [0.717, 1.165) is 18.7 Å². The average Bonchev–Trinajstić information content (AvgIpc) is 2.77. The van der Waals surface area contributed by atoms with Crippen LogP contribution in [-0.4, -0.2) is 15.6 Å². The first-order chi connectivity index (χ1) is 8.28. The summed E-state index contributed by atoms with van der Waals surface area (Å²) in [6.45, 7) is 2.73. The SMILES string of the molecule is CCC(N)=Nc1cnn(Cc2ccccc2)c1. The van der Waals surface area contributed by atoms with Gasteiger partial charge in [-0.25, -0.2) is 4.99 Å². The van der Waals surface area contributed by atoms with Crippen LogP contribution in [0.5, 0.6) is 0 Å². The van der Waals surface area contributed by atoms with Crippen LogP contribution in [0.2, 0.25) is 0 Å². The van der Waals surface area contributed by atoms with Crippen LogP contribution in [0.15, 0.2) is 47.7 Å². The predicted octanol–water partition coefficient (Wildman–Crippen LogP) is 2.33. The number of aliphatic imine (C=N–C) groups is 1. The van der Waals surface area contributed by atoms with E-state index in [1.54, 1.807) is 6.20 Å². The van der Waals surface area contributed by atoms with E-state index in [-0.39, 0.29) is 0 Å². The highest BCUT2D eigenvalue weighted by molar-refractivity contribution is 5.82. The van der Waals surface area contributed by atoms with E-state index in [1.165, 1.54) is 5.56 Å². The van der Waals surface area contributed by atoms with Gasteiger partial charge in [-0.05, 0) is 5.56 Å². The maximum atomic E-state index is 5.68. The van der Waals surface area contributed by atoms with Crippen molar-refractivity contribution in [1.29, 1.82) is 0 Å². The second kappa shape index (κ2) is 5.30. The van der Waals surface area contributed by atoms with Crippen molar-refractivity contribution in [2.45, 2.75) is 19.9 Å². The maximum absolute atomic E-state index is 5.68. The molecule has 1 heterocycles. The summed E-state index contributed by atoms with van der Waals surface area (Å²) in [7, 11) is 0. The molecule has 0 aliphatic heterocycles. The van der Waals surface area contributed by atoms with Crippen LogP contribution in [0.3, 0.4) is 0 Å². The second-order valence-electron chi connectivity index (χ2n) is 3.84. The van der Waals surface area contributed by atoms with Crippen molar-refractivity contribution in [1.82, 2.24) is 9.78 Å². The summed E-state index contributed by atoms with van der Waals surface area (Å²) < 4.78 is 1.86. The van der Waals surface area contributed by atoms with Crippen molar-refractivity contribution in [2.75, 3.05) is 0 Å². The molecular formula is C13H16N4. The summed E-state index contributed by atoms with van der Waals surface area (Å²) >= 11 is 0. The van der Waals surface area contributed by atoms with Crippen LogP contribution < -0.4 is 5.73 Å². The minimum atomic E-state index is 0.629. The Hall–Kier alpha value is -2.10. The molecule has 2 N–H and O–H groups in total. The van der Waals surface area contributed by atoms with Crippen LogP contribution in [0.4, 0.5) is 5.69 Å². The fourth-order valence-electron chi connectivity index (χ4n) is 1.51. The molecule has 0 aliphatic carbocycles. The Labute approximate surface area is 101 Å². The van der Waals surface area contributed by atoms with E-state index in [0.29, 0.717) is 5.84 Å². The molecule has 0 radical (unpaired) electrons. The molecule has 0 aliphatic rings. The molecule has 2 aromatic rings. The molecular weight excluding hydrogens is 212 g/mol. The molecule has 0 bridgehead atoms. The van der Waals surface area contributed by atoms with Gasteiger partial charge in [-0.2, -0.15) is 5.10 Å².